The van der Waals surface area contributed by atoms with E-state index in [-0.39, 0.29) is 5.92 Å². The van der Waals surface area contributed by atoms with Crippen LogP contribution >= 0.6 is 11.6 Å². The van der Waals surface area contributed by atoms with Crippen molar-refractivity contribution in [2.45, 2.75) is 25.9 Å². The van der Waals surface area contributed by atoms with Gasteiger partial charge in [0.25, 0.3) is 0 Å². The first-order chi connectivity index (χ1) is 15.4. The first kappa shape index (κ1) is 23.4. The number of carbonyl (C=O) groups excluding carboxylic acids is 2. The predicted octanol–water partition coefficient (Wildman–Crippen LogP) is 6.33. The largest absolute Gasteiger partial charge is 0.466 e. The van der Waals surface area contributed by atoms with Gasteiger partial charge in [-0.3, -0.25) is 4.79 Å². The molecule has 2 atom stereocenters. The summed E-state index contributed by atoms with van der Waals surface area (Å²) in [4.78, 5) is 25.7. The van der Waals surface area contributed by atoms with E-state index in [1.807, 2.05) is 44.2 Å². The maximum absolute atomic E-state index is 13.2. The zero-order chi connectivity index (χ0) is 23.1. The van der Waals surface area contributed by atoms with Gasteiger partial charge in [-0.15, -0.1) is 0 Å². The van der Waals surface area contributed by atoms with Crippen LogP contribution in [-0.4, -0.2) is 19.0 Å². The molecule has 6 heteroatoms. The van der Waals surface area contributed by atoms with E-state index in [4.69, 9.17) is 25.8 Å². The molecule has 3 aromatic carbocycles. The highest BCUT2D eigenvalue weighted by atomic mass is 35.5. The topological polar surface area (TPSA) is 61.8 Å². The second-order valence-corrected chi connectivity index (χ2v) is 8.04. The van der Waals surface area contributed by atoms with Crippen molar-refractivity contribution in [3.8, 4) is 11.5 Å². The average molecular weight is 453 g/mol. The van der Waals surface area contributed by atoms with Crippen molar-refractivity contribution in [2.24, 2.45) is 5.92 Å². The van der Waals surface area contributed by atoms with Crippen molar-refractivity contribution in [3.63, 3.8) is 0 Å². The third kappa shape index (κ3) is 5.89. The molecule has 0 bridgehead atoms. The molecule has 0 saturated heterocycles. The Morgan fingerprint density at radius 2 is 1.44 bits per heavy atom. The molecule has 0 aliphatic rings. The third-order valence-electron chi connectivity index (χ3n) is 4.94. The Balaban J connectivity index is 1.86. The molecule has 0 aliphatic carbocycles. The van der Waals surface area contributed by atoms with Gasteiger partial charge in [-0.05, 0) is 47.9 Å². The minimum Gasteiger partial charge on any atom is -0.466 e. The van der Waals surface area contributed by atoms with E-state index >= 15 is 0 Å². The first-order valence-electron chi connectivity index (χ1n) is 10.3. The second-order valence-electron chi connectivity index (χ2n) is 7.60. The molecule has 3 rings (SSSR count). The molecular formula is C26H25ClO5. The number of para-hydroxylation sites is 1. The molecule has 0 amide bonds. The SMILES string of the molecule is COC(=O)C(OC(=O)C(c1ccc(Cl)cc1)C(C)C)c1cccc(Oc2ccccc2)c1. The molecule has 166 valence electrons. The molecule has 0 spiro atoms. The molecule has 0 heterocycles. The Bertz CT molecular complexity index is 1050. The van der Waals surface area contributed by atoms with Crippen LogP contribution in [0.5, 0.6) is 11.5 Å². The number of methoxy groups -OCH3 is 1. The summed E-state index contributed by atoms with van der Waals surface area (Å²) < 4.78 is 16.5. The van der Waals surface area contributed by atoms with Gasteiger partial charge in [0.05, 0.1) is 13.0 Å². The molecule has 0 N–H and O–H groups in total. The maximum atomic E-state index is 13.2. The Hall–Kier alpha value is -3.31. The lowest BCUT2D eigenvalue weighted by Gasteiger charge is -2.23. The van der Waals surface area contributed by atoms with Gasteiger partial charge in [0, 0.05) is 10.6 Å². The number of rotatable bonds is 8. The van der Waals surface area contributed by atoms with E-state index in [9.17, 15) is 9.59 Å². The Kier molecular flexibility index (Phi) is 7.90. The molecule has 3 aromatic rings. The Morgan fingerprint density at radius 1 is 0.781 bits per heavy atom. The zero-order valence-corrected chi connectivity index (χ0v) is 18.9. The summed E-state index contributed by atoms with van der Waals surface area (Å²) >= 11 is 5.98. The lowest BCUT2D eigenvalue weighted by molar-refractivity contribution is -0.168. The fourth-order valence-electron chi connectivity index (χ4n) is 3.38. The van der Waals surface area contributed by atoms with Crippen molar-refractivity contribution in [1.29, 1.82) is 0 Å². The molecule has 2 unspecified atom stereocenters. The van der Waals surface area contributed by atoms with Crippen LogP contribution in [0, 0.1) is 5.92 Å². The van der Waals surface area contributed by atoms with Gasteiger partial charge < -0.3 is 14.2 Å². The molecule has 0 fully saturated rings. The van der Waals surface area contributed by atoms with Gasteiger partial charge in [-0.2, -0.15) is 0 Å². The summed E-state index contributed by atoms with van der Waals surface area (Å²) in [5, 5.41) is 0.576. The molecule has 0 aromatic heterocycles. The Morgan fingerprint density at radius 3 is 2.06 bits per heavy atom. The minimum atomic E-state index is -1.22. The van der Waals surface area contributed by atoms with E-state index in [1.54, 1.807) is 48.5 Å². The van der Waals surface area contributed by atoms with E-state index in [1.165, 1.54) is 7.11 Å². The number of hydrogen-bond acceptors (Lipinski definition) is 5. The van der Waals surface area contributed by atoms with E-state index in [0.29, 0.717) is 22.1 Å². The number of ether oxygens (including phenoxy) is 3. The highest BCUT2D eigenvalue weighted by Crippen LogP contribution is 2.32. The van der Waals surface area contributed by atoms with Crippen LogP contribution in [-0.2, 0) is 19.1 Å². The monoisotopic (exact) mass is 452 g/mol. The van der Waals surface area contributed by atoms with Crippen molar-refractivity contribution < 1.29 is 23.8 Å². The summed E-state index contributed by atoms with van der Waals surface area (Å²) in [6.07, 6.45) is -1.22. The molecule has 0 radical (unpaired) electrons. The summed E-state index contributed by atoms with van der Waals surface area (Å²) in [6.45, 7) is 3.84. The van der Waals surface area contributed by atoms with Crippen LogP contribution in [0.2, 0.25) is 5.02 Å². The quantitative estimate of drug-likeness (QED) is 0.374. The summed E-state index contributed by atoms with van der Waals surface area (Å²) in [7, 11) is 1.26. The summed E-state index contributed by atoms with van der Waals surface area (Å²) in [5.41, 5.74) is 1.22. The van der Waals surface area contributed by atoms with Gasteiger partial charge in [-0.25, -0.2) is 4.79 Å². The van der Waals surface area contributed by atoms with Crippen LogP contribution in [0.4, 0.5) is 0 Å². The van der Waals surface area contributed by atoms with Gasteiger partial charge in [0.2, 0.25) is 6.10 Å². The highest BCUT2D eigenvalue weighted by molar-refractivity contribution is 6.30. The number of hydrogen-bond donors (Lipinski definition) is 0. The van der Waals surface area contributed by atoms with Crippen molar-refractivity contribution >= 4 is 23.5 Å². The minimum absolute atomic E-state index is 0.0604. The number of halogens is 1. The van der Waals surface area contributed by atoms with Gasteiger partial charge in [0.15, 0.2) is 0 Å². The van der Waals surface area contributed by atoms with Crippen molar-refractivity contribution in [2.75, 3.05) is 7.11 Å². The second kappa shape index (κ2) is 10.8. The smallest absolute Gasteiger partial charge is 0.351 e. The highest BCUT2D eigenvalue weighted by Gasteiger charge is 2.32. The van der Waals surface area contributed by atoms with Crippen LogP contribution in [0.3, 0.4) is 0 Å². The van der Waals surface area contributed by atoms with Gasteiger partial charge in [-0.1, -0.05) is 67.9 Å². The first-order valence-corrected chi connectivity index (χ1v) is 10.6. The summed E-state index contributed by atoms with van der Waals surface area (Å²) in [5.74, 6) is -0.658. The molecule has 32 heavy (non-hydrogen) atoms. The van der Waals surface area contributed by atoms with Crippen LogP contribution in [0.25, 0.3) is 0 Å². The van der Waals surface area contributed by atoms with Crippen LogP contribution < -0.4 is 4.74 Å². The Labute approximate surface area is 192 Å². The third-order valence-corrected chi connectivity index (χ3v) is 5.19. The molecule has 0 aliphatic heterocycles. The number of benzene rings is 3. The van der Waals surface area contributed by atoms with Crippen LogP contribution in [0.1, 0.15) is 37.0 Å². The van der Waals surface area contributed by atoms with E-state index in [0.717, 1.165) is 5.56 Å². The molecule has 5 nitrogen and oxygen atoms in total. The van der Waals surface area contributed by atoms with E-state index < -0.39 is 24.0 Å². The standard InChI is InChI=1S/C26H25ClO5/c1-17(2)23(18-12-14-20(27)15-13-18)25(28)32-24(26(29)30-3)19-8-7-11-22(16-19)31-21-9-5-4-6-10-21/h4-17,23-24H,1-3H3. The lowest BCUT2D eigenvalue weighted by Crippen LogP contribution is -2.27. The normalized spacial score (nSPS) is 12.7. The predicted molar refractivity (Wildman–Crippen MR) is 123 cm³/mol. The fourth-order valence-corrected chi connectivity index (χ4v) is 3.50. The fraction of sp³-hybridized carbons (Fsp3) is 0.231. The van der Waals surface area contributed by atoms with Crippen molar-refractivity contribution in [1.82, 2.24) is 0 Å². The van der Waals surface area contributed by atoms with Crippen molar-refractivity contribution in [3.05, 3.63) is 95.0 Å². The lowest BCUT2D eigenvalue weighted by atomic mass is 9.88. The average Bonchev–Trinajstić information content (AvgIpc) is 2.79. The van der Waals surface area contributed by atoms with Gasteiger partial charge in [0.1, 0.15) is 11.5 Å². The molecule has 0 saturated carbocycles. The number of esters is 2. The van der Waals surface area contributed by atoms with Crippen LogP contribution in [0.15, 0.2) is 78.9 Å². The molecular weight excluding hydrogens is 428 g/mol. The van der Waals surface area contributed by atoms with E-state index in [2.05, 4.69) is 0 Å². The summed E-state index contributed by atoms with van der Waals surface area (Å²) in [6, 6.07) is 23.1. The number of carbonyl (C=O) groups is 2. The zero-order valence-electron chi connectivity index (χ0n) is 18.2. The maximum Gasteiger partial charge on any atom is 0.351 e. The van der Waals surface area contributed by atoms with Gasteiger partial charge >= 0.3 is 11.9 Å².